The molecule has 3 rings (SSSR count). The van der Waals surface area contributed by atoms with Crippen molar-refractivity contribution < 1.29 is 14.7 Å². The number of aromatic nitrogens is 2. The number of pyridine rings is 1. The van der Waals surface area contributed by atoms with E-state index in [2.05, 4.69) is 15.3 Å². The number of ketones is 1. The number of nitrogens with one attached hydrogen (secondary N) is 2. The van der Waals surface area contributed by atoms with Crippen LogP contribution in [0.5, 0.6) is 0 Å². The van der Waals surface area contributed by atoms with E-state index in [1.54, 1.807) is 24.3 Å². The Morgan fingerprint density at radius 1 is 1.15 bits per heavy atom. The van der Waals surface area contributed by atoms with E-state index < -0.39 is 17.3 Å². The highest BCUT2D eigenvalue weighted by Crippen LogP contribution is 2.32. The second-order valence-corrected chi connectivity index (χ2v) is 7.14. The summed E-state index contributed by atoms with van der Waals surface area (Å²) in [6.07, 6.45) is 1.42. The summed E-state index contributed by atoms with van der Waals surface area (Å²) in [5.74, 6) is -1.10. The molecule has 6 nitrogen and oxygen atoms in total. The smallest absolute Gasteiger partial charge is 0.255 e. The van der Waals surface area contributed by atoms with E-state index >= 15 is 0 Å². The van der Waals surface area contributed by atoms with Gasteiger partial charge in [0.15, 0.2) is 0 Å². The maximum Gasteiger partial charge on any atom is 0.255 e. The molecule has 0 atom stereocenters. The Bertz CT molecular complexity index is 1020. The number of fused-ring (bicyclic) bond motifs is 1. The van der Waals surface area contributed by atoms with Gasteiger partial charge in [0.2, 0.25) is 5.78 Å². The van der Waals surface area contributed by atoms with Gasteiger partial charge in [-0.25, -0.2) is 0 Å². The van der Waals surface area contributed by atoms with Gasteiger partial charge in [0.05, 0.1) is 5.69 Å². The first kappa shape index (κ1) is 18.4. The van der Waals surface area contributed by atoms with Crippen LogP contribution in [0.3, 0.4) is 0 Å². The highest BCUT2D eigenvalue weighted by atomic mass is 35.5. The standard InChI is InChI=1S/C18H15Cl2N3O3/c1-18(2,26)17(25)23-14-11-4-3-9(19)7-12(11)22-15(14)16(24)13-8-10(20)5-6-21-13/h3-8,22,26H,1-2H3,(H,23,25). The van der Waals surface area contributed by atoms with Crippen LogP contribution < -0.4 is 5.32 Å². The Morgan fingerprint density at radius 2 is 1.85 bits per heavy atom. The molecular weight excluding hydrogens is 377 g/mol. The summed E-state index contributed by atoms with van der Waals surface area (Å²) < 4.78 is 0. The third kappa shape index (κ3) is 3.58. The monoisotopic (exact) mass is 391 g/mol. The zero-order valence-electron chi connectivity index (χ0n) is 13.9. The molecule has 0 fully saturated rings. The van der Waals surface area contributed by atoms with Gasteiger partial charge in [-0.05, 0) is 44.2 Å². The third-order valence-electron chi connectivity index (χ3n) is 3.74. The molecule has 2 heterocycles. The molecule has 1 aromatic carbocycles. The predicted octanol–water partition coefficient (Wildman–Crippen LogP) is 3.81. The Hall–Kier alpha value is -2.41. The summed E-state index contributed by atoms with van der Waals surface area (Å²) in [5.41, 5.74) is -0.571. The van der Waals surface area contributed by atoms with Crippen molar-refractivity contribution in [3.8, 4) is 0 Å². The van der Waals surface area contributed by atoms with Crippen LogP contribution in [0, 0.1) is 0 Å². The van der Waals surface area contributed by atoms with Crippen LogP contribution in [0.4, 0.5) is 5.69 Å². The summed E-state index contributed by atoms with van der Waals surface area (Å²) in [6.45, 7) is 2.71. The van der Waals surface area contributed by atoms with E-state index in [4.69, 9.17) is 23.2 Å². The number of H-pyrrole nitrogens is 1. The van der Waals surface area contributed by atoms with Crippen molar-refractivity contribution in [2.75, 3.05) is 5.32 Å². The molecule has 2 aromatic heterocycles. The van der Waals surface area contributed by atoms with Gasteiger partial charge in [-0.15, -0.1) is 0 Å². The molecule has 0 radical (unpaired) electrons. The second kappa shape index (κ2) is 6.72. The number of halogens is 2. The Kier molecular flexibility index (Phi) is 4.75. The molecule has 3 N–H and O–H groups in total. The lowest BCUT2D eigenvalue weighted by molar-refractivity contribution is -0.130. The number of aliphatic hydroxyl groups is 1. The first-order valence-corrected chi connectivity index (χ1v) is 8.43. The Labute approximate surface area is 159 Å². The van der Waals surface area contributed by atoms with Gasteiger partial charge in [0.25, 0.3) is 5.91 Å². The number of carbonyl (C=O) groups excluding carboxylic acids is 2. The Morgan fingerprint density at radius 3 is 2.50 bits per heavy atom. The van der Waals surface area contributed by atoms with Crippen LogP contribution in [0.1, 0.15) is 30.0 Å². The molecule has 8 heteroatoms. The molecule has 26 heavy (non-hydrogen) atoms. The molecule has 0 saturated heterocycles. The molecule has 0 aliphatic rings. The van der Waals surface area contributed by atoms with Gasteiger partial charge in [0, 0.05) is 27.1 Å². The zero-order valence-corrected chi connectivity index (χ0v) is 15.4. The SMILES string of the molecule is CC(C)(O)C(=O)Nc1c(C(=O)c2cc(Cl)ccn2)[nH]c2cc(Cl)ccc12. The van der Waals surface area contributed by atoms with E-state index in [0.717, 1.165) is 0 Å². The molecule has 0 aliphatic heterocycles. The van der Waals surface area contributed by atoms with Crippen LogP contribution in [-0.2, 0) is 4.79 Å². The normalized spacial score (nSPS) is 11.6. The number of hydrogen-bond donors (Lipinski definition) is 3. The van der Waals surface area contributed by atoms with E-state index in [0.29, 0.717) is 20.9 Å². The lowest BCUT2D eigenvalue weighted by Gasteiger charge is -2.17. The summed E-state index contributed by atoms with van der Waals surface area (Å²) in [4.78, 5) is 32.2. The maximum atomic E-state index is 12.9. The topological polar surface area (TPSA) is 95.1 Å². The first-order chi connectivity index (χ1) is 12.2. The van der Waals surface area contributed by atoms with Crippen molar-refractivity contribution in [3.05, 3.63) is 58.0 Å². The lowest BCUT2D eigenvalue weighted by Crippen LogP contribution is -2.37. The van der Waals surface area contributed by atoms with Gasteiger partial charge in [-0.3, -0.25) is 14.6 Å². The second-order valence-electron chi connectivity index (χ2n) is 6.27. The van der Waals surface area contributed by atoms with Crippen molar-refractivity contribution in [1.29, 1.82) is 0 Å². The molecule has 0 unspecified atom stereocenters. The molecule has 0 aliphatic carbocycles. The molecule has 3 aromatic rings. The molecule has 0 spiro atoms. The minimum absolute atomic E-state index is 0.119. The Balaban J connectivity index is 2.16. The van der Waals surface area contributed by atoms with Crippen molar-refractivity contribution in [2.24, 2.45) is 0 Å². The van der Waals surface area contributed by atoms with Crippen molar-refractivity contribution >= 4 is 51.5 Å². The highest BCUT2D eigenvalue weighted by molar-refractivity contribution is 6.32. The van der Waals surface area contributed by atoms with E-state index in [9.17, 15) is 14.7 Å². The first-order valence-electron chi connectivity index (χ1n) is 7.68. The quantitative estimate of drug-likeness (QED) is 0.589. The van der Waals surface area contributed by atoms with Crippen LogP contribution in [0.15, 0.2) is 36.5 Å². The zero-order chi connectivity index (χ0) is 19.1. The number of carbonyl (C=O) groups is 2. The van der Waals surface area contributed by atoms with Gasteiger partial charge < -0.3 is 15.4 Å². The average molecular weight is 392 g/mol. The van der Waals surface area contributed by atoms with Crippen LogP contribution in [-0.4, -0.2) is 32.4 Å². The molecule has 1 amide bonds. The predicted molar refractivity (Wildman–Crippen MR) is 101 cm³/mol. The fourth-order valence-corrected chi connectivity index (χ4v) is 2.73. The lowest BCUT2D eigenvalue weighted by atomic mass is 10.1. The number of rotatable bonds is 4. The number of nitrogens with zero attached hydrogens (tertiary/aromatic N) is 1. The maximum absolute atomic E-state index is 12.9. The van der Waals surface area contributed by atoms with E-state index in [1.165, 1.54) is 26.1 Å². The minimum Gasteiger partial charge on any atom is -0.381 e. The number of amides is 1. The number of benzene rings is 1. The molecular formula is C18H15Cl2N3O3. The number of aromatic amines is 1. The minimum atomic E-state index is -1.62. The summed E-state index contributed by atoms with van der Waals surface area (Å²) in [5, 5.41) is 14.0. The van der Waals surface area contributed by atoms with Crippen molar-refractivity contribution in [2.45, 2.75) is 19.4 Å². The van der Waals surface area contributed by atoms with Crippen molar-refractivity contribution in [1.82, 2.24) is 9.97 Å². The summed E-state index contributed by atoms with van der Waals surface area (Å²) >= 11 is 12.0. The fraction of sp³-hybridized carbons (Fsp3) is 0.167. The van der Waals surface area contributed by atoms with Crippen molar-refractivity contribution in [3.63, 3.8) is 0 Å². The van der Waals surface area contributed by atoms with E-state index in [1.807, 2.05) is 0 Å². The fourth-order valence-electron chi connectivity index (χ4n) is 2.39. The van der Waals surface area contributed by atoms with Gasteiger partial charge in [0.1, 0.15) is 17.0 Å². The van der Waals surface area contributed by atoms with Gasteiger partial charge in [-0.2, -0.15) is 0 Å². The molecule has 0 bridgehead atoms. The number of hydrogen-bond acceptors (Lipinski definition) is 4. The summed E-state index contributed by atoms with van der Waals surface area (Å²) in [7, 11) is 0. The third-order valence-corrected chi connectivity index (χ3v) is 4.21. The number of anilines is 1. The van der Waals surface area contributed by atoms with Gasteiger partial charge in [-0.1, -0.05) is 23.2 Å². The van der Waals surface area contributed by atoms with Gasteiger partial charge >= 0.3 is 0 Å². The largest absolute Gasteiger partial charge is 0.381 e. The highest BCUT2D eigenvalue weighted by Gasteiger charge is 2.28. The average Bonchev–Trinajstić information content (AvgIpc) is 2.90. The summed E-state index contributed by atoms with van der Waals surface area (Å²) in [6, 6.07) is 7.95. The van der Waals surface area contributed by atoms with Crippen LogP contribution in [0.2, 0.25) is 10.0 Å². The molecule has 0 saturated carbocycles. The van der Waals surface area contributed by atoms with Crippen LogP contribution >= 0.6 is 23.2 Å². The molecule has 134 valence electrons. The van der Waals surface area contributed by atoms with E-state index in [-0.39, 0.29) is 17.1 Å². The van der Waals surface area contributed by atoms with Crippen LogP contribution in [0.25, 0.3) is 10.9 Å².